The van der Waals surface area contributed by atoms with Crippen LogP contribution < -0.4 is 0 Å². The maximum absolute atomic E-state index is 12.2. The molecule has 110 valence electrons. The van der Waals surface area contributed by atoms with Gasteiger partial charge < -0.3 is 9.47 Å². The Morgan fingerprint density at radius 3 is 1.84 bits per heavy atom. The summed E-state index contributed by atoms with van der Waals surface area (Å²) in [5.74, 6) is -1.29. The molecule has 0 unspecified atom stereocenters. The van der Waals surface area contributed by atoms with Crippen LogP contribution in [0.15, 0.2) is 12.2 Å². The molecule has 4 nitrogen and oxygen atoms in total. The Balaban J connectivity index is 5.46. The Labute approximate surface area is 116 Å². The quantitative estimate of drug-likeness (QED) is 0.386. The number of allylic oxidation sites excluding steroid dienone is 1. The average molecular weight is 270 g/mol. The van der Waals surface area contributed by atoms with Gasteiger partial charge in [-0.2, -0.15) is 0 Å². The van der Waals surface area contributed by atoms with Crippen LogP contribution in [0.2, 0.25) is 0 Å². The second kappa shape index (κ2) is 8.73. The van der Waals surface area contributed by atoms with Crippen molar-refractivity contribution in [2.24, 2.45) is 11.3 Å². The second-order valence-corrected chi connectivity index (χ2v) is 4.66. The number of carbonyl (C=O) groups excluding carboxylic acids is 2. The number of ether oxygens (including phenoxy) is 2. The van der Waals surface area contributed by atoms with Crippen LogP contribution >= 0.6 is 0 Å². The van der Waals surface area contributed by atoms with E-state index in [1.165, 1.54) is 0 Å². The van der Waals surface area contributed by atoms with Crippen LogP contribution in [0.3, 0.4) is 0 Å². The van der Waals surface area contributed by atoms with E-state index in [-0.39, 0.29) is 19.1 Å². The van der Waals surface area contributed by atoms with Crippen molar-refractivity contribution in [3.63, 3.8) is 0 Å². The molecule has 0 amide bonds. The first-order valence-electron chi connectivity index (χ1n) is 6.99. The minimum Gasteiger partial charge on any atom is -0.465 e. The molecular formula is C15H26O4. The Kier molecular flexibility index (Phi) is 8.12. The number of carbonyl (C=O) groups is 2. The summed E-state index contributed by atoms with van der Waals surface area (Å²) in [6.45, 7) is 9.63. The van der Waals surface area contributed by atoms with E-state index in [0.29, 0.717) is 0 Å². The third-order valence-electron chi connectivity index (χ3n) is 2.97. The summed E-state index contributed by atoms with van der Waals surface area (Å²) in [6, 6.07) is 0. The lowest BCUT2D eigenvalue weighted by molar-refractivity contribution is -0.171. The number of unbranched alkanes of at least 4 members (excludes halogenated alkanes) is 1. The van der Waals surface area contributed by atoms with Crippen LogP contribution in [0.25, 0.3) is 0 Å². The summed E-state index contributed by atoms with van der Waals surface area (Å²) in [5, 5.41) is 0. The van der Waals surface area contributed by atoms with E-state index in [2.05, 4.69) is 0 Å². The van der Waals surface area contributed by atoms with E-state index in [1.807, 2.05) is 26.8 Å². The molecule has 4 heteroatoms. The van der Waals surface area contributed by atoms with Gasteiger partial charge in [-0.05, 0) is 26.2 Å². The highest BCUT2D eigenvalue weighted by molar-refractivity contribution is 6.02. The summed E-state index contributed by atoms with van der Waals surface area (Å²) in [5.41, 5.74) is -1.33. The fraction of sp³-hybridized carbons (Fsp3) is 0.733. The van der Waals surface area contributed by atoms with Crippen LogP contribution in [0, 0.1) is 11.3 Å². The van der Waals surface area contributed by atoms with Gasteiger partial charge in [-0.15, -0.1) is 0 Å². The van der Waals surface area contributed by atoms with Crippen molar-refractivity contribution < 1.29 is 19.1 Å². The molecule has 0 radical (unpaired) electrons. The van der Waals surface area contributed by atoms with Crippen LogP contribution in [0.1, 0.15) is 47.5 Å². The first-order valence-corrected chi connectivity index (χ1v) is 6.99. The van der Waals surface area contributed by atoms with Crippen molar-refractivity contribution in [1.29, 1.82) is 0 Å². The van der Waals surface area contributed by atoms with E-state index in [9.17, 15) is 9.59 Å². The zero-order valence-corrected chi connectivity index (χ0v) is 12.7. The Morgan fingerprint density at radius 1 is 1.05 bits per heavy atom. The molecule has 0 rings (SSSR count). The minimum atomic E-state index is -1.33. The largest absolute Gasteiger partial charge is 0.465 e. The zero-order chi connectivity index (χ0) is 14.9. The minimum absolute atomic E-state index is 0.223. The fourth-order valence-electron chi connectivity index (χ4n) is 1.82. The van der Waals surface area contributed by atoms with Crippen LogP contribution in [0.4, 0.5) is 0 Å². The number of hydrogen-bond acceptors (Lipinski definition) is 4. The van der Waals surface area contributed by atoms with Crippen LogP contribution in [-0.4, -0.2) is 25.2 Å². The van der Waals surface area contributed by atoms with Gasteiger partial charge in [0.05, 0.1) is 13.2 Å². The lowest BCUT2D eigenvalue weighted by atomic mass is 9.76. The molecule has 0 bridgehead atoms. The van der Waals surface area contributed by atoms with E-state index in [0.717, 1.165) is 12.8 Å². The topological polar surface area (TPSA) is 52.6 Å². The Bertz CT molecular complexity index is 300. The van der Waals surface area contributed by atoms with Gasteiger partial charge in [-0.1, -0.05) is 39.3 Å². The molecule has 0 aliphatic rings. The predicted molar refractivity (Wildman–Crippen MR) is 74.6 cm³/mol. The molecule has 0 aliphatic carbocycles. The molecule has 0 saturated carbocycles. The standard InChI is InChI=1S/C15H26O4/c1-6-9-10-11-15(12(4)5,13(16)18-7-2)14(17)19-8-3/h10-12H,6-9H2,1-5H3. The van der Waals surface area contributed by atoms with Gasteiger partial charge in [0.2, 0.25) is 0 Å². The highest BCUT2D eigenvalue weighted by Crippen LogP contribution is 2.33. The second-order valence-electron chi connectivity index (χ2n) is 4.66. The van der Waals surface area contributed by atoms with Crippen molar-refractivity contribution in [3.05, 3.63) is 12.2 Å². The van der Waals surface area contributed by atoms with Crippen molar-refractivity contribution in [2.45, 2.75) is 47.5 Å². The van der Waals surface area contributed by atoms with Crippen molar-refractivity contribution in [1.82, 2.24) is 0 Å². The summed E-state index contributed by atoms with van der Waals surface area (Å²) in [6.07, 6.45) is 5.27. The van der Waals surface area contributed by atoms with Gasteiger partial charge in [-0.3, -0.25) is 9.59 Å². The summed E-state index contributed by atoms with van der Waals surface area (Å²) in [7, 11) is 0. The van der Waals surface area contributed by atoms with E-state index in [4.69, 9.17) is 9.47 Å². The summed E-state index contributed by atoms with van der Waals surface area (Å²) >= 11 is 0. The maximum atomic E-state index is 12.2. The van der Waals surface area contributed by atoms with Crippen molar-refractivity contribution in [3.8, 4) is 0 Å². The van der Waals surface area contributed by atoms with Crippen LogP contribution in [-0.2, 0) is 19.1 Å². The van der Waals surface area contributed by atoms with Gasteiger partial charge in [0.1, 0.15) is 0 Å². The molecule has 0 atom stereocenters. The molecule has 0 N–H and O–H groups in total. The zero-order valence-electron chi connectivity index (χ0n) is 12.7. The molecule has 0 aliphatic heterocycles. The Morgan fingerprint density at radius 2 is 1.53 bits per heavy atom. The molecule has 0 heterocycles. The average Bonchev–Trinajstić information content (AvgIpc) is 2.34. The molecule has 0 spiro atoms. The number of hydrogen-bond donors (Lipinski definition) is 0. The van der Waals surface area contributed by atoms with Gasteiger partial charge in [0.25, 0.3) is 0 Å². The first-order chi connectivity index (χ1) is 8.97. The first kappa shape index (κ1) is 17.7. The summed E-state index contributed by atoms with van der Waals surface area (Å²) < 4.78 is 10.2. The molecule has 0 fully saturated rings. The van der Waals surface area contributed by atoms with Crippen LogP contribution in [0.5, 0.6) is 0 Å². The van der Waals surface area contributed by atoms with Gasteiger partial charge in [0.15, 0.2) is 5.41 Å². The highest BCUT2D eigenvalue weighted by atomic mass is 16.6. The van der Waals surface area contributed by atoms with E-state index >= 15 is 0 Å². The van der Waals surface area contributed by atoms with Crippen molar-refractivity contribution >= 4 is 11.9 Å². The smallest absolute Gasteiger partial charge is 0.327 e. The molecule has 0 aromatic rings. The van der Waals surface area contributed by atoms with Gasteiger partial charge in [0, 0.05) is 0 Å². The lowest BCUT2D eigenvalue weighted by Crippen LogP contribution is -2.44. The van der Waals surface area contributed by atoms with E-state index in [1.54, 1.807) is 19.9 Å². The van der Waals surface area contributed by atoms with Gasteiger partial charge in [-0.25, -0.2) is 0 Å². The molecular weight excluding hydrogens is 244 g/mol. The third-order valence-corrected chi connectivity index (χ3v) is 2.97. The normalized spacial score (nSPS) is 11.9. The maximum Gasteiger partial charge on any atom is 0.327 e. The van der Waals surface area contributed by atoms with Gasteiger partial charge >= 0.3 is 11.9 Å². The monoisotopic (exact) mass is 270 g/mol. The fourth-order valence-corrected chi connectivity index (χ4v) is 1.82. The number of esters is 2. The molecule has 0 aromatic carbocycles. The summed E-state index contributed by atoms with van der Waals surface area (Å²) in [4.78, 5) is 24.5. The lowest BCUT2D eigenvalue weighted by Gasteiger charge is -2.29. The molecule has 0 saturated heterocycles. The Hall–Kier alpha value is -1.32. The van der Waals surface area contributed by atoms with Crippen molar-refractivity contribution in [2.75, 3.05) is 13.2 Å². The molecule has 0 aromatic heterocycles. The van der Waals surface area contributed by atoms with E-state index < -0.39 is 17.4 Å². The number of rotatable bonds is 8. The highest BCUT2D eigenvalue weighted by Gasteiger charge is 2.49. The predicted octanol–water partition coefficient (Wildman–Crippen LogP) is 3.11. The third kappa shape index (κ3) is 4.37. The SMILES string of the molecule is CCCC=CC(C(=O)OCC)(C(=O)OCC)C(C)C. The molecule has 19 heavy (non-hydrogen) atoms.